The van der Waals surface area contributed by atoms with Crippen LogP contribution in [0.5, 0.6) is 0 Å². The minimum atomic E-state index is -0.541. The van der Waals surface area contributed by atoms with Gasteiger partial charge in [-0.1, -0.05) is 66.7 Å². The first-order chi connectivity index (χ1) is 13.9. The first-order valence-corrected chi connectivity index (χ1v) is 8.73. The van der Waals surface area contributed by atoms with Crippen molar-refractivity contribution < 1.29 is 9.90 Å². The van der Waals surface area contributed by atoms with E-state index in [0.29, 0.717) is 11.5 Å². The molecular weight excluding hydrogens is 364 g/mol. The summed E-state index contributed by atoms with van der Waals surface area (Å²) in [6.07, 6.45) is 11.6. The van der Waals surface area contributed by atoms with Crippen molar-refractivity contribution in [3.05, 3.63) is 89.2 Å². The van der Waals surface area contributed by atoms with Crippen molar-refractivity contribution in [1.29, 1.82) is 0 Å². The second kappa shape index (κ2) is 15.3. The van der Waals surface area contributed by atoms with Crippen molar-refractivity contribution in [2.24, 2.45) is 10.9 Å². The normalized spacial score (nSPS) is 9.93. The Kier molecular flexibility index (Phi) is 13.2. The molecule has 0 aliphatic rings. The number of amides is 2. The molecule has 5 N–H and O–H groups in total. The zero-order chi connectivity index (χ0) is 22.1. The number of allylic oxidation sites excluding steroid dienone is 2. The molecule has 6 heteroatoms. The average Bonchev–Trinajstić information content (AvgIpc) is 2.78. The summed E-state index contributed by atoms with van der Waals surface area (Å²) in [6, 6.07) is 18.9. The maximum absolute atomic E-state index is 10.7. The number of carbonyl (C=O) groups excluding carboxylic acids is 1. The van der Waals surface area contributed by atoms with Crippen molar-refractivity contribution in [1.82, 2.24) is 10.9 Å². The van der Waals surface area contributed by atoms with E-state index in [-0.39, 0.29) is 0 Å². The summed E-state index contributed by atoms with van der Waals surface area (Å²) in [4.78, 5) is 10.7. The van der Waals surface area contributed by atoms with Gasteiger partial charge in [0.2, 0.25) is 0 Å². The highest BCUT2D eigenvalue weighted by Crippen LogP contribution is 2.06. The number of hydrogen-bond donors (Lipinski definition) is 4. The van der Waals surface area contributed by atoms with Crippen LogP contribution in [0.15, 0.2) is 83.2 Å². The fraction of sp³-hybridized carbons (Fsp3) is 0.130. The summed E-state index contributed by atoms with van der Waals surface area (Å²) in [5, 5.41) is 13.2. The van der Waals surface area contributed by atoms with Gasteiger partial charge in [-0.05, 0) is 43.5 Å². The minimum absolute atomic E-state index is 0.337. The molecule has 0 saturated carbocycles. The van der Waals surface area contributed by atoms with Crippen LogP contribution in [0.2, 0.25) is 0 Å². The molecule has 0 saturated heterocycles. The molecule has 29 heavy (non-hydrogen) atoms. The van der Waals surface area contributed by atoms with Crippen LogP contribution in [0.25, 0.3) is 6.08 Å². The quantitative estimate of drug-likeness (QED) is 0.118. The van der Waals surface area contributed by atoms with E-state index in [9.17, 15) is 9.90 Å². The Morgan fingerprint density at radius 3 is 2.00 bits per heavy atom. The monoisotopic (exact) mass is 392 g/mol. The van der Waals surface area contributed by atoms with Crippen molar-refractivity contribution in [3.8, 4) is 12.8 Å². The van der Waals surface area contributed by atoms with Gasteiger partial charge < -0.3 is 5.11 Å². The number of nitrogens with two attached hydrogens (primary N) is 1. The summed E-state index contributed by atoms with van der Waals surface area (Å²) in [7, 11) is 0. The number of aliphatic hydroxyl groups excluding tert-OH is 1. The topological polar surface area (TPSA) is 99.7 Å². The number of benzene rings is 2. The number of carbonyl (C=O) groups is 1. The molecule has 152 valence electrons. The molecule has 6 nitrogen and oxygen atoms in total. The Morgan fingerprint density at radius 1 is 1.00 bits per heavy atom. The van der Waals surface area contributed by atoms with Crippen molar-refractivity contribution in [3.63, 3.8) is 0 Å². The molecule has 0 spiro atoms. The Bertz CT molecular complexity index is 835. The zero-order valence-electron chi connectivity index (χ0n) is 17.0. The molecular formula is C23H28N4O2. The third kappa shape index (κ3) is 11.5. The minimum Gasteiger partial charge on any atom is -0.508 e. The molecule has 2 rings (SSSR count). The molecule has 0 atom stereocenters. The van der Waals surface area contributed by atoms with Gasteiger partial charge in [0.25, 0.3) is 0 Å². The van der Waals surface area contributed by atoms with E-state index in [4.69, 9.17) is 5.84 Å². The SMILES string of the molecule is C#C.C/C(=N\NC(=O)NN)c1ccccc1.CC(C)=C(O)/C=C\c1ccccc1. The number of hydrazone groups is 1. The van der Waals surface area contributed by atoms with Crippen LogP contribution < -0.4 is 16.7 Å². The van der Waals surface area contributed by atoms with Gasteiger partial charge in [-0.25, -0.2) is 16.1 Å². The standard InChI is InChI=1S/C12H14O.C9H12N4O.C2H2/c1-10(2)12(13)9-8-11-6-4-3-5-7-11;1-7(12-13-9(14)11-10)8-5-3-2-4-6-8;1-2/h3-9,13H,1-2H3;2-6H,10H2,1H3,(H2,11,13,14);1-2H/b9-8-;12-7+;. The second-order valence-corrected chi connectivity index (χ2v) is 5.78. The number of hydrazine groups is 1. The van der Waals surface area contributed by atoms with Gasteiger partial charge in [0.05, 0.1) is 5.71 Å². The highest BCUT2D eigenvalue weighted by atomic mass is 16.3. The van der Waals surface area contributed by atoms with Crippen LogP contribution in [0.1, 0.15) is 31.9 Å². The lowest BCUT2D eigenvalue weighted by Crippen LogP contribution is -2.37. The predicted octanol–water partition coefficient (Wildman–Crippen LogP) is 4.38. The van der Waals surface area contributed by atoms with Crippen LogP contribution in [-0.4, -0.2) is 16.8 Å². The molecule has 0 bridgehead atoms. The Labute approximate surface area is 172 Å². The van der Waals surface area contributed by atoms with Gasteiger partial charge >= 0.3 is 6.03 Å². The number of urea groups is 1. The smallest absolute Gasteiger partial charge is 0.349 e. The molecule has 0 aliphatic carbocycles. The molecule has 0 fully saturated rings. The van der Waals surface area contributed by atoms with Crippen LogP contribution in [-0.2, 0) is 0 Å². The maximum Gasteiger partial charge on any atom is 0.349 e. The molecule has 0 aromatic heterocycles. The Hall–Kier alpha value is -3.82. The fourth-order valence-corrected chi connectivity index (χ4v) is 1.82. The zero-order valence-corrected chi connectivity index (χ0v) is 17.0. The summed E-state index contributed by atoms with van der Waals surface area (Å²) in [5.41, 5.74) is 7.84. The molecule has 2 aromatic carbocycles. The molecule has 0 heterocycles. The van der Waals surface area contributed by atoms with Crippen LogP contribution in [0.3, 0.4) is 0 Å². The van der Waals surface area contributed by atoms with E-state index < -0.39 is 6.03 Å². The predicted molar refractivity (Wildman–Crippen MR) is 121 cm³/mol. The number of nitrogens with zero attached hydrogens (tertiary/aromatic N) is 1. The van der Waals surface area contributed by atoms with Gasteiger partial charge in [0, 0.05) is 0 Å². The molecule has 2 aromatic rings. The molecule has 0 unspecified atom stereocenters. The van der Waals surface area contributed by atoms with Gasteiger partial charge in [-0.2, -0.15) is 5.10 Å². The van der Waals surface area contributed by atoms with Gasteiger partial charge in [0.15, 0.2) is 0 Å². The summed E-state index contributed by atoms with van der Waals surface area (Å²) in [6.45, 7) is 5.56. The van der Waals surface area contributed by atoms with Crippen LogP contribution in [0.4, 0.5) is 4.79 Å². The van der Waals surface area contributed by atoms with Gasteiger partial charge in [0.1, 0.15) is 5.76 Å². The highest BCUT2D eigenvalue weighted by Gasteiger charge is 1.97. The number of aliphatic hydroxyl groups is 1. The first kappa shape index (κ1) is 25.2. The van der Waals surface area contributed by atoms with Crippen molar-refractivity contribution >= 4 is 17.8 Å². The summed E-state index contributed by atoms with van der Waals surface area (Å²) < 4.78 is 0. The molecule has 0 aliphatic heterocycles. The van der Waals surface area contributed by atoms with E-state index >= 15 is 0 Å². The lowest BCUT2D eigenvalue weighted by molar-refractivity contribution is 0.241. The van der Waals surface area contributed by atoms with Gasteiger partial charge in [-0.3, -0.25) is 5.43 Å². The summed E-state index contributed by atoms with van der Waals surface area (Å²) >= 11 is 0. The van der Waals surface area contributed by atoms with E-state index in [2.05, 4.69) is 23.4 Å². The number of terminal acetylenes is 1. The van der Waals surface area contributed by atoms with Crippen molar-refractivity contribution in [2.45, 2.75) is 20.8 Å². The average molecular weight is 393 g/mol. The molecule has 2 amide bonds. The Morgan fingerprint density at radius 2 is 1.52 bits per heavy atom. The number of hydrogen-bond acceptors (Lipinski definition) is 4. The van der Waals surface area contributed by atoms with Crippen LogP contribution in [0, 0.1) is 12.8 Å². The largest absolute Gasteiger partial charge is 0.508 e. The van der Waals surface area contributed by atoms with E-state index in [1.165, 1.54) is 0 Å². The second-order valence-electron chi connectivity index (χ2n) is 5.78. The van der Waals surface area contributed by atoms with Crippen molar-refractivity contribution in [2.75, 3.05) is 0 Å². The lowest BCUT2D eigenvalue weighted by atomic mass is 10.1. The summed E-state index contributed by atoms with van der Waals surface area (Å²) in [5.74, 6) is 5.20. The highest BCUT2D eigenvalue weighted by molar-refractivity contribution is 5.99. The number of nitrogens with one attached hydrogen (secondary N) is 2. The first-order valence-electron chi connectivity index (χ1n) is 8.73. The van der Waals surface area contributed by atoms with Crippen LogP contribution >= 0.6 is 0 Å². The number of rotatable bonds is 4. The third-order valence-corrected chi connectivity index (χ3v) is 3.39. The third-order valence-electron chi connectivity index (χ3n) is 3.39. The van der Waals surface area contributed by atoms with E-state index in [1.54, 1.807) is 13.0 Å². The fourth-order valence-electron chi connectivity index (χ4n) is 1.82. The van der Waals surface area contributed by atoms with E-state index in [0.717, 1.165) is 16.7 Å². The van der Waals surface area contributed by atoms with Gasteiger partial charge in [-0.15, -0.1) is 12.8 Å². The van der Waals surface area contributed by atoms with E-state index in [1.807, 2.05) is 86.0 Å². The Balaban J connectivity index is 0.000000499. The lowest BCUT2D eigenvalue weighted by Gasteiger charge is -2.01. The molecule has 0 radical (unpaired) electrons. The maximum atomic E-state index is 10.7.